The number of amides is 3. The molecule has 4 rings (SSSR count). The minimum absolute atomic E-state index is 0.00997. The number of ether oxygens (including phenoxy) is 3. The number of carbonyl (C=O) groups is 3. The first-order valence-corrected chi connectivity index (χ1v) is 16.2. The van der Waals surface area contributed by atoms with E-state index in [2.05, 4.69) is 18.9 Å². The van der Waals surface area contributed by atoms with Crippen LogP contribution in [-0.4, -0.2) is 114 Å². The lowest BCUT2D eigenvalue weighted by Gasteiger charge is -2.44. The third kappa shape index (κ3) is 9.29. The van der Waals surface area contributed by atoms with Gasteiger partial charge in [-0.3, -0.25) is 9.59 Å². The molecular formula is C34H51N5O6. The van der Waals surface area contributed by atoms with Gasteiger partial charge in [-0.25, -0.2) is 9.48 Å². The van der Waals surface area contributed by atoms with Gasteiger partial charge in [0.05, 0.1) is 48.3 Å². The molecule has 1 aromatic carbocycles. The lowest BCUT2D eigenvalue weighted by Crippen LogP contribution is -2.58. The van der Waals surface area contributed by atoms with E-state index in [1.54, 1.807) is 18.2 Å². The highest BCUT2D eigenvalue weighted by Crippen LogP contribution is 2.28. The molecule has 0 radical (unpaired) electrons. The van der Waals surface area contributed by atoms with E-state index in [9.17, 15) is 14.4 Å². The summed E-state index contributed by atoms with van der Waals surface area (Å²) in [6.45, 7) is 13.3. The summed E-state index contributed by atoms with van der Waals surface area (Å²) in [7, 11) is 1.69. The zero-order valence-electron chi connectivity index (χ0n) is 27.9. The first-order chi connectivity index (χ1) is 21.5. The summed E-state index contributed by atoms with van der Waals surface area (Å²) >= 11 is 0. The summed E-state index contributed by atoms with van der Waals surface area (Å²) in [4.78, 5) is 47.1. The molecule has 1 aromatic heterocycles. The predicted octanol–water partition coefficient (Wildman–Crippen LogP) is 4.42. The summed E-state index contributed by atoms with van der Waals surface area (Å²) in [5.41, 5.74) is 1.59. The van der Waals surface area contributed by atoms with Crippen LogP contribution in [0.1, 0.15) is 69.9 Å². The number of morpholine rings is 1. The Kier molecular flexibility index (Phi) is 12.0. The van der Waals surface area contributed by atoms with E-state index < -0.39 is 17.6 Å². The molecule has 0 spiro atoms. The standard InChI is InChI=1S/C34H51N5O6/c1-25(2)22-38(32(41)29-21-35-39(27-12-8-7-9-13-27)30(29)14-10-11-17-43-6)28-20-26(31(40)36-15-18-44-19-16-36)23-37(24-28)33(42)45-34(3,4)5/h7-9,12-13,21,25-26,28H,10-11,14-20,22-24H2,1-6H3/t26?,28-/m0/s1. The van der Waals surface area contributed by atoms with Crippen LogP contribution < -0.4 is 0 Å². The Morgan fingerprint density at radius 1 is 1.04 bits per heavy atom. The third-order valence-electron chi connectivity index (χ3n) is 8.13. The minimum Gasteiger partial charge on any atom is -0.444 e. The second-order valence-electron chi connectivity index (χ2n) is 13.5. The van der Waals surface area contributed by atoms with Gasteiger partial charge in [0.1, 0.15) is 5.60 Å². The predicted molar refractivity (Wildman–Crippen MR) is 171 cm³/mol. The van der Waals surface area contributed by atoms with E-state index in [4.69, 9.17) is 14.2 Å². The Morgan fingerprint density at radius 2 is 1.76 bits per heavy atom. The van der Waals surface area contributed by atoms with Crippen molar-refractivity contribution in [2.24, 2.45) is 11.8 Å². The maximum atomic E-state index is 14.6. The Balaban J connectivity index is 1.68. The van der Waals surface area contributed by atoms with Gasteiger partial charge >= 0.3 is 6.09 Å². The largest absolute Gasteiger partial charge is 0.444 e. The number of benzene rings is 1. The van der Waals surface area contributed by atoms with Crippen molar-refractivity contribution >= 4 is 17.9 Å². The summed E-state index contributed by atoms with van der Waals surface area (Å²) in [6.07, 6.45) is 4.01. The Morgan fingerprint density at radius 3 is 2.40 bits per heavy atom. The number of hydrogen-bond acceptors (Lipinski definition) is 7. The van der Waals surface area contributed by atoms with Gasteiger partial charge in [-0.15, -0.1) is 0 Å². The number of hydrogen-bond donors (Lipinski definition) is 0. The van der Waals surface area contributed by atoms with Crippen molar-refractivity contribution < 1.29 is 28.6 Å². The number of rotatable bonds is 11. The highest BCUT2D eigenvalue weighted by Gasteiger charge is 2.41. The third-order valence-corrected chi connectivity index (χ3v) is 8.13. The number of nitrogens with zero attached hydrogens (tertiary/aromatic N) is 5. The second kappa shape index (κ2) is 15.7. The lowest BCUT2D eigenvalue weighted by molar-refractivity contribution is -0.142. The summed E-state index contributed by atoms with van der Waals surface area (Å²) in [6, 6.07) is 9.45. The molecule has 2 aromatic rings. The van der Waals surface area contributed by atoms with Crippen LogP contribution in [0.2, 0.25) is 0 Å². The van der Waals surface area contributed by atoms with Crippen molar-refractivity contribution in [2.75, 3.05) is 59.7 Å². The Labute approximate surface area is 267 Å². The van der Waals surface area contributed by atoms with Gasteiger partial charge in [0.2, 0.25) is 5.91 Å². The molecule has 0 N–H and O–H groups in total. The van der Waals surface area contributed by atoms with Crippen molar-refractivity contribution in [2.45, 2.75) is 71.9 Å². The van der Waals surface area contributed by atoms with Gasteiger partial charge in [-0.2, -0.15) is 5.10 Å². The number of piperidine rings is 1. The number of unbranched alkanes of at least 4 members (excludes halogenated alkanes) is 1. The number of methoxy groups -OCH3 is 1. The smallest absolute Gasteiger partial charge is 0.410 e. The molecule has 0 aliphatic carbocycles. The molecule has 45 heavy (non-hydrogen) atoms. The van der Waals surface area contributed by atoms with E-state index in [1.807, 2.05) is 65.6 Å². The molecule has 2 aliphatic heterocycles. The van der Waals surface area contributed by atoms with Crippen LogP contribution in [-0.2, 0) is 25.4 Å². The molecule has 11 heteroatoms. The number of para-hydroxylation sites is 1. The van der Waals surface area contributed by atoms with Gasteiger partial charge in [0.25, 0.3) is 5.91 Å². The van der Waals surface area contributed by atoms with Crippen LogP contribution in [0.5, 0.6) is 0 Å². The van der Waals surface area contributed by atoms with Crippen LogP contribution in [0.15, 0.2) is 36.5 Å². The number of likely N-dealkylation sites (tertiary alicyclic amines) is 1. The normalized spacial score (nSPS) is 19.1. The monoisotopic (exact) mass is 625 g/mol. The van der Waals surface area contributed by atoms with Gasteiger partial charge < -0.3 is 28.9 Å². The maximum absolute atomic E-state index is 14.6. The molecule has 3 amide bonds. The van der Waals surface area contributed by atoms with E-state index >= 15 is 0 Å². The van der Waals surface area contributed by atoms with E-state index in [0.29, 0.717) is 57.9 Å². The second-order valence-corrected chi connectivity index (χ2v) is 13.5. The van der Waals surface area contributed by atoms with E-state index in [-0.39, 0.29) is 36.9 Å². The minimum atomic E-state index is -0.690. The van der Waals surface area contributed by atoms with Crippen LogP contribution >= 0.6 is 0 Å². The number of aromatic nitrogens is 2. The molecule has 2 atom stereocenters. The molecule has 0 bridgehead atoms. The Bertz CT molecular complexity index is 1270. The fourth-order valence-electron chi connectivity index (χ4n) is 6.06. The highest BCUT2D eigenvalue weighted by atomic mass is 16.6. The van der Waals surface area contributed by atoms with Crippen molar-refractivity contribution in [1.29, 1.82) is 0 Å². The van der Waals surface area contributed by atoms with Crippen molar-refractivity contribution in [3.8, 4) is 5.69 Å². The highest BCUT2D eigenvalue weighted by molar-refractivity contribution is 5.95. The quantitative estimate of drug-likeness (QED) is 0.340. The molecule has 11 nitrogen and oxygen atoms in total. The van der Waals surface area contributed by atoms with E-state index in [0.717, 1.165) is 24.2 Å². The average molecular weight is 626 g/mol. The van der Waals surface area contributed by atoms with Gasteiger partial charge in [0, 0.05) is 46.4 Å². The molecule has 2 fully saturated rings. The molecule has 248 valence electrons. The summed E-state index contributed by atoms with van der Waals surface area (Å²) < 4.78 is 18.4. The molecule has 2 aliphatic rings. The fourth-order valence-corrected chi connectivity index (χ4v) is 6.06. The summed E-state index contributed by atoms with van der Waals surface area (Å²) in [5, 5.41) is 4.68. The zero-order chi connectivity index (χ0) is 32.6. The maximum Gasteiger partial charge on any atom is 0.410 e. The first-order valence-electron chi connectivity index (χ1n) is 16.2. The SMILES string of the molecule is COCCCCc1c(C(=O)N(CC(C)C)[C@H]2CC(C(=O)N3CCOCC3)CN(C(=O)OC(C)(C)C)C2)cnn1-c1ccccc1. The van der Waals surface area contributed by atoms with Crippen LogP contribution in [0, 0.1) is 11.8 Å². The van der Waals surface area contributed by atoms with Gasteiger partial charge in [-0.05, 0) is 64.5 Å². The first kappa shape index (κ1) is 34.4. The summed E-state index contributed by atoms with van der Waals surface area (Å²) in [5.74, 6) is -0.448. The van der Waals surface area contributed by atoms with Crippen LogP contribution in [0.3, 0.4) is 0 Å². The molecular weight excluding hydrogens is 574 g/mol. The van der Waals surface area contributed by atoms with Crippen molar-refractivity contribution in [3.63, 3.8) is 0 Å². The molecule has 0 saturated carbocycles. The lowest BCUT2D eigenvalue weighted by atomic mass is 9.91. The zero-order valence-corrected chi connectivity index (χ0v) is 27.9. The Hall–Kier alpha value is -3.44. The van der Waals surface area contributed by atoms with Crippen molar-refractivity contribution in [1.82, 2.24) is 24.5 Å². The molecule has 2 saturated heterocycles. The molecule has 1 unspecified atom stereocenters. The van der Waals surface area contributed by atoms with Crippen LogP contribution in [0.4, 0.5) is 4.79 Å². The molecule has 3 heterocycles. The topological polar surface area (TPSA) is 106 Å². The fraction of sp³-hybridized carbons (Fsp3) is 0.647. The van der Waals surface area contributed by atoms with Gasteiger partial charge in [-0.1, -0.05) is 32.0 Å². The van der Waals surface area contributed by atoms with Crippen molar-refractivity contribution in [3.05, 3.63) is 47.8 Å². The van der Waals surface area contributed by atoms with E-state index in [1.165, 1.54) is 0 Å². The number of carbonyl (C=O) groups excluding carboxylic acids is 3. The average Bonchev–Trinajstić information content (AvgIpc) is 3.45. The van der Waals surface area contributed by atoms with Gasteiger partial charge in [0.15, 0.2) is 0 Å². The van der Waals surface area contributed by atoms with Crippen LogP contribution in [0.25, 0.3) is 5.69 Å².